The molecule has 0 radical (unpaired) electrons. The number of nitrogens with one attached hydrogen (secondary N) is 1. The van der Waals surface area contributed by atoms with Crippen LogP contribution in [0.5, 0.6) is 5.75 Å². The van der Waals surface area contributed by atoms with Gasteiger partial charge in [-0.3, -0.25) is 4.79 Å². The summed E-state index contributed by atoms with van der Waals surface area (Å²) in [6, 6.07) is 4.12. The molecule has 0 spiro atoms. The predicted octanol–water partition coefficient (Wildman–Crippen LogP) is 2.14. The molecular weight excluding hydrogens is 261 g/mol. The topological polar surface area (TPSA) is 58.6 Å². The zero-order valence-electron chi connectivity index (χ0n) is 11.6. The molecule has 1 aliphatic carbocycles. The van der Waals surface area contributed by atoms with Gasteiger partial charge in [-0.15, -0.1) is 0 Å². The highest BCUT2D eigenvalue weighted by molar-refractivity contribution is 5.81. The van der Waals surface area contributed by atoms with Crippen LogP contribution >= 0.6 is 0 Å². The summed E-state index contributed by atoms with van der Waals surface area (Å²) in [5, 5.41) is 12.1. The number of amides is 1. The van der Waals surface area contributed by atoms with Crippen molar-refractivity contribution in [1.82, 2.24) is 5.32 Å². The average molecular weight is 281 g/mol. The van der Waals surface area contributed by atoms with Crippen molar-refractivity contribution in [3.63, 3.8) is 0 Å². The van der Waals surface area contributed by atoms with Crippen molar-refractivity contribution in [1.29, 1.82) is 0 Å². The van der Waals surface area contributed by atoms with Gasteiger partial charge < -0.3 is 15.2 Å². The lowest BCUT2D eigenvalue weighted by Gasteiger charge is -2.19. The summed E-state index contributed by atoms with van der Waals surface area (Å²) in [5.74, 6) is -0.280. The maximum Gasteiger partial charge on any atom is 0.260 e. The van der Waals surface area contributed by atoms with Gasteiger partial charge in [0.2, 0.25) is 0 Å². The molecule has 20 heavy (non-hydrogen) atoms. The van der Waals surface area contributed by atoms with Crippen molar-refractivity contribution in [3.8, 4) is 5.75 Å². The lowest BCUT2D eigenvalue weighted by Crippen LogP contribution is -2.41. The van der Waals surface area contributed by atoms with Gasteiger partial charge in [-0.25, -0.2) is 4.39 Å². The molecule has 1 aromatic rings. The van der Waals surface area contributed by atoms with Crippen LogP contribution < -0.4 is 10.1 Å². The van der Waals surface area contributed by atoms with Crippen LogP contribution in [0.15, 0.2) is 18.2 Å². The van der Waals surface area contributed by atoms with E-state index >= 15 is 0 Å². The lowest BCUT2D eigenvalue weighted by molar-refractivity contribution is -0.128. The smallest absolute Gasteiger partial charge is 0.260 e. The predicted molar refractivity (Wildman–Crippen MR) is 72.8 cm³/mol. The Morgan fingerprint density at radius 2 is 2.20 bits per heavy atom. The molecule has 110 valence electrons. The van der Waals surface area contributed by atoms with Gasteiger partial charge in [-0.1, -0.05) is 12.8 Å². The van der Waals surface area contributed by atoms with E-state index in [0.717, 1.165) is 25.7 Å². The zero-order chi connectivity index (χ0) is 14.5. The van der Waals surface area contributed by atoms with Crippen molar-refractivity contribution < 1.29 is 19.0 Å². The van der Waals surface area contributed by atoms with Gasteiger partial charge in [0.25, 0.3) is 5.91 Å². The van der Waals surface area contributed by atoms with Gasteiger partial charge in [0, 0.05) is 11.6 Å². The normalized spacial score (nSPS) is 16.9. The van der Waals surface area contributed by atoms with E-state index in [-0.39, 0.29) is 18.6 Å². The second-order valence-electron chi connectivity index (χ2n) is 5.16. The number of benzene rings is 1. The molecule has 0 saturated heterocycles. The Balaban J connectivity index is 1.96. The van der Waals surface area contributed by atoms with Gasteiger partial charge in [0.15, 0.2) is 6.10 Å². The largest absolute Gasteiger partial charge is 0.481 e. The quantitative estimate of drug-likeness (QED) is 0.869. The molecule has 1 atom stereocenters. The molecule has 0 aromatic heterocycles. The fourth-order valence-electron chi connectivity index (χ4n) is 2.42. The molecule has 1 unspecified atom stereocenters. The Labute approximate surface area is 117 Å². The number of carbonyl (C=O) groups is 1. The highest BCUT2D eigenvalue weighted by atomic mass is 19.1. The number of rotatable bonds is 5. The third-order valence-corrected chi connectivity index (χ3v) is 3.57. The van der Waals surface area contributed by atoms with Crippen LogP contribution in [0.2, 0.25) is 0 Å². The van der Waals surface area contributed by atoms with E-state index in [0.29, 0.717) is 11.3 Å². The third kappa shape index (κ3) is 3.70. The van der Waals surface area contributed by atoms with E-state index in [9.17, 15) is 14.3 Å². The van der Waals surface area contributed by atoms with Gasteiger partial charge >= 0.3 is 0 Å². The van der Waals surface area contributed by atoms with Crippen LogP contribution in [0.1, 0.15) is 38.2 Å². The first-order valence-electron chi connectivity index (χ1n) is 6.96. The molecule has 2 N–H and O–H groups in total. The number of aliphatic hydroxyl groups is 1. The van der Waals surface area contributed by atoms with Gasteiger partial charge in [0.1, 0.15) is 11.6 Å². The number of carbonyl (C=O) groups excluding carboxylic acids is 1. The van der Waals surface area contributed by atoms with Gasteiger partial charge in [-0.2, -0.15) is 0 Å². The Morgan fingerprint density at radius 1 is 1.50 bits per heavy atom. The fourth-order valence-corrected chi connectivity index (χ4v) is 2.42. The molecule has 1 saturated carbocycles. The summed E-state index contributed by atoms with van der Waals surface area (Å²) >= 11 is 0. The Kier molecular flexibility index (Phi) is 4.95. The minimum atomic E-state index is -0.675. The van der Waals surface area contributed by atoms with Gasteiger partial charge in [-0.05, 0) is 38.0 Å². The molecule has 5 heteroatoms. The number of aliphatic hydroxyl groups excluding tert-OH is 1. The number of hydrogen-bond donors (Lipinski definition) is 2. The van der Waals surface area contributed by atoms with E-state index in [4.69, 9.17) is 4.74 Å². The monoisotopic (exact) mass is 281 g/mol. The summed E-state index contributed by atoms with van der Waals surface area (Å²) in [5.41, 5.74) is 0.338. The van der Waals surface area contributed by atoms with Crippen molar-refractivity contribution in [3.05, 3.63) is 29.6 Å². The molecular formula is C15H20FNO3. The maximum atomic E-state index is 13.1. The third-order valence-electron chi connectivity index (χ3n) is 3.57. The van der Waals surface area contributed by atoms with E-state index in [1.54, 1.807) is 6.92 Å². The second kappa shape index (κ2) is 6.70. The van der Waals surface area contributed by atoms with Crippen LogP contribution in [0.3, 0.4) is 0 Å². The molecule has 2 rings (SSSR count). The van der Waals surface area contributed by atoms with Gasteiger partial charge in [0.05, 0.1) is 6.61 Å². The van der Waals surface area contributed by atoms with E-state index in [2.05, 4.69) is 5.32 Å². The first-order valence-corrected chi connectivity index (χ1v) is 6.96. The summed E-state index contributed by atoms with van der Waals surface area (Å²) in [4.78, 5) is 12.0. The first-order chi connectivity index (χ1) is 9.60. The standard InChI is InChI=1S/C15H20FNO3/c1-10(15(19)17-13-4-2-3-5-13)20-14-7-6-12(16)8-11(14)9-18/h6-8,10,13,18H,2-5,9H2,1H3,(H,17,19). The highest BCUT2D eigenvalue weighted by Crippen LogP contribution is 2.22. The maximum absolute atomic E-state index is 13.1. The lowest BCUT2D eigenvalue weighted by atomic mass is 10.2. The van der Waals surface area contributed by atoms with Crippen LogP contribution in [0.4, 0.5) is 4.39 Å². The molecule has 1 fully saturated rings. The Hall–Kier alpha value is -1.62. The van der Waals surface area contributed by atoms with Crippen molar-refractivity contribution >= 4 is 5.91 Å². The van der Waals surface area contributed by atoms with Crippen LogP contribution in [0.25, 0.3) is 0 Å². The van der Waals surface area contributed by atoms with E-state index in [1.807, 2.05) is 0 Å². The molecule has 0 aliphatic heterocycles. The minimum Gasteiger partial charge on any atom is -0.481 e. The summed E-state index contributed by atoms with van der Waals surface area (Å²) in [7, 11) is 0. The van der Waals surface area contributed by atoms with E-state index < -0.39 is 11.9 Å². The summed E-state index contributed by atoms with van der Waals surface area (Å²) in [6.45, 7) is 1.32. The second-order valence-corrected chi connectivity index (χ2v) is 5.16. The fraction of sp³-hybridized carbons (Fsp3) is 0.533. The number of hydrogen-bond acceptors (Lipinski definition) is 3. The molecule has 1 aliphatic rings. The number of halogens is 1. The van der Waals surface area contributed by atoms with Crippen LogP contribution in [-0.4, -0.2) is 23.2 Å². The highest BCUT2D eigenvalue weighted by Gasteiger charge is 2.22. The minimum absolute atomic E-state index is 0.176. The first kappa shape index (κ1) is 14.8. The molecule has 0 heterocycles. The van der Waals surface area contributed by atoms with Crippen molar-refractivity contribution in [2.75, 3.05) is 0 Å². The summed E-state index contributed by atoms with van der Waals surface area (Å²) < 4.78 is 18.6. The molecule has 4 nitrogen and oxygen atoms in total. The van der Waals surface area contributed by atoms with Crippen molar-refractivity contribution in [2.24, 2.45) is 0 Å². The molecule has 0 bridgehead atoms. The zero-order valence-corrected chi connectivity index (χ0v) is 11.6. The Morgan fingerprint density at radius 3 is 2.85 bits per heavy atom. The molecule has 1 aromatic carbocycles. The average Bonchev–Trinajstić information content (AvgIpc) is 2.93. The van der Waals surface area contributed by atoms with E-state index in [1.165, 1.54) is 18.2 Å². The SMILES string of the molecule is CC(Oc1ccc(F)cc1CO)C(=O)NC1CCCC1. The molecule has 1 amide bonds. The van der Waals surface area contributed by atoms with Crippen LogP contribution in [-0.2, 0) is 11.4 Å². The number of ether oxygens (including phenoxy) is 1. The van der Waals surface area contributed by atoms with Crippen LogP contribution in [0, 0.1) is 5.82 Å². The summed E-state index contributed by atoms with van der Waals surface area (Å²) in [6.07, 6.45) is 3.64. The van der Waals surface area contributed by atoms with Crippen molar-refractivity contribution in [2.45, 2.75) is 51.4 Å². The Bertz CT molecular complexity index is 472.